The van der Waals surface area contributed by atoms with Crippen LogP contribution < -0.4 is 5.32 Å². The van der Waals surface area contributed by atoms with Crippen molar-refractivity contribution in [2.45, 2.75) is 51.6 Å². The van der Waals surface area contributed by atoms with Crippen LogP contribution in [0.25, 0.3) is 0 Å². The molecule has 5 unspecified atom stereocenters. The summed E-state index contributed by atoms with van der Waals surface area (Å²) in [6.07, 6.45) is 6.06. The van der Waals surface area contributed by atoms with E-state index in [2.05, 4.69) is 24.1 Å². The summed E-state index contributed by atoms with van der Waals surface area (Å²) in [5, 5.41) is 3.76. The lowest BCUT2D eigenvalue weighted by molar-refractivity contribution is 0.202. The highest BCUT2D eigenvalue weighted by Gasteiger charge is 2.66. The van der Waals surface area contributed by atoms with Gasteiger partial charge in [-0.1, -0.05) is 13.8 Å². The number of fused-ring (bicyclic) bond motifs is 5. The molecule has 3 aliphatic carbocycles. The standard InChI is InChI=1S/C16H28N2/c1-10(2)13-9-18(7-3-6-17-13)16-14-11-4-5-12(8-11)15(14)16/h10-17H,3-9H2,1-2H3. The lowest BCUT2D eigenvalue weighted by atomic mass is 10.0. The maximum absolute atomic E-state index is 3.76. The van der Waals surface area contributed by atoms with Gasteiger partial charge < -0.3 is 5.32 Å². The summed E-state index contributed by atoms with van der Waals surface area (Å²) in [5.74, 6) is 5.27. The fraction of sp³-hybridized carbons (Fsp3) is 1.00. The Labute approximate surface area is 111 Å². The lowest BCUT2D eigenvalue weighted by Gasteiger charge is -2.28. The van der Waals surface area contributed by atoms with Crippen LogP contribution in [0, 0.1) is 29.6 Å². The van der Waals surface area contributed by atoms with Crippen molar-refractivity contribution >= 4 is 0 Å². The molecule has 2 nitrogen and oxygen atoms in total. The Morgan fingerprint density at radius 3 is 2.50 bits per heavy atom. The Morgan fingerprint density at radius 1 is 1.11 bits per heavy atom. The predicted octanol–water partition coefficient (Wildman–Crippen LogP) is 2.35. The Kier molecular flexibility index (Phi) is 2.74. The molecule has 0 aromatic carbocycles. The van der Waals surface area contributed by atoms with Gasteiger partial charge in [0.2, 0.25) is 0 Å². The molecule has 2 bridgehead atoms. The molecule has 3 saturated carbocycles. The fourth-order valence-corrected chi connectivity index (χ4v) is 5.46. The Balaban J connectivity index is 1.45. The molecular weight excluding hydrogens is 220 g/mol. The fourth-order valence-electron chi connectivity index (χ4n) is 5.46. The summed E-state index contributed by atoms with van der Waals surface area (Å²) in [4.78, 5) is 2.88. The SMILES string of the molecule is CC(C)C1CN(C2C3C4CCC(C4)C32)CCCN1. The quantitative estimate of drug-likeness (QED) is 0.807. The van der Waals surface area contributed by atoms with Crippen LogP contribution in [0.4, 0.5) is 0 Å². The molecule has 0 aromatic heterocycles. The highest BCUT2D eigenvalue weighted by atomic mass is 15.2. The molecule has 18 heavy (non-hydrogen) atoms. The zero-order valence-corrected chi connectivity index (χ0v) is 11.9. The average Bonchev–Trinajstić information content (AvgIpc) is 2.90. The molecule has 102 valence electrons. The first-order valence-corrected chi connectivity index (χ1v) is 8.23. The van der Waals surface area contributed by atoms with E-state index in [-0.39, 0.29) is 0 Å². The van der Waals surface area contributed by atoms with Crippen LogP contribution in [0.5, 0.6) is 0 Å². The van der Waals surface area contributed by atoms with Crippen molar-refractivity contribution in [3.05, 3.63) is 0 Å². The van der Waals surface area contributed by atoms with Crippen molar-refractivity contribution < 1.29 is 0 Å². The van der Waals surface area contributed by atoms with E-state index >= 15 is 0 Å². The molecule has 0 spiro atoms. The van der Waals surface area contributed by atoms with E-state index in [0.29, 0.717) is 0 Å². The molecule has 5 atom stereocenters. The lowest BCUT2D eigenvalue weighted by Crippen LogP contribution is -2.43. The van der Waals surface area contributed by atoms with E-state index in [0.717, 1.165) is 41.7 Å². The van der Waals surface area contributed by atoms with E-state index in [1.54, 1.807) is 19.3 Å². The van der Waals surface area contributed by atoms with Crippen LogP contribution >= 0.6 is 0 Å². The van der Waals surface area contributed by atoms with E-state index < -0.39 is 0 Å². The van der Waals surface area contributed by atoms with Gasteiger partial charge in [0.15, 0.2) is 0 Å². The molecule has 4 fully saturated rings. The first kappa shape index (κ1) is 11.7. The smallest absolute Gasteiger partial charge is 0.0218 e. The summed E-state index contributed by atoms with van der Waals surface area (Å²) >= 11 is 0. The number of hydrogen-bond acceptors (Lipinski definition) is 2. The summed E-state index contributed by atoms with van der Waals surface area (Å²) in [7, 11) is 0. The maximum atomic E-state index is 3.76. The largest absolute Gasteiger partial charge is 0.312 e. The van der Waals surface area contributed by atoms with Crippen LogP contribution in [-0.4, -0.2) is 36.6 Å². The number of nitrogens with zero attached hydrogens (tertiary/aromatic N) is 1. The summed E-state index contributed by atoms with van der Waals surface area (Å²) in [5.41, 5.74) is 0. The molecule has 0 radical (unpaired) electrons. The molecule has 4 rings (SSSR count). The monoisotopic (exact) mass is 248 g/mol. The van der Waals surface area contributed by atoms with Crippen molar-refractivity contribution in [2.24, 2.45) is 29.6 Å². The van der Waals surface area contributed by atoms with E-state index in [1.807, 2.05) is 0 Å². The van der Waals surface area contributed by atoms with Crippen LogP contribution in [0.15, 0.2) is 0 Å². The summed E-state index contributed by atoms with van der Waals surface area (Å²) < 4.78 is 0. The van der Waals surface area contributed by atoms with Crippen molar-refractivity contribution in [3.63, 3.8) is 0 Å². The second-order valence-electron chi connectivity index (χ2n) is 7.63. The Morgan fingerprint density at radius 2 is 1.83 bits per heavy atom. The number of nitrogens with one attached hydrogen (secondary N) is 1. The first-order valence-electron chi connectivity index (χ1n) is 8.23. The second-order valence-corrected chi connectivity index (χ2v) is 7.63. The molecule has 4 aliphatic rings. The molecule has 0 aromatic rings. The third kappa shape index (κ3) is 1.68. The third-order valence-electron chi connectivity index (χ3n) is 6.38. The Bertz CT molecular complexity index is 311. The average molecular weight is 248 g/mol. The van der Waals surface area contributed by atoms with Crippen LogP contribution in [0.3, 0.4) is 0 Å². The normalized spacial score (nSPS) is 51.5. The van der Waals surface area contributed by atoms with Gasteiger partial charge in [-0.25, -0.2) is 0 Å². The molecule has 1 heterocycles. The van der Waals surface area contributed by atoms with Gasteiger partial charge in [-0.05, 0) is 68.4 Å². The van der Waals surface area contributed by atoms with Crippen molar-refractivity contribution in [1.29, 1.82) is 0 Å². The Hall–Kier alpha value is -0.0800. The second kappa shape index (κ2) is 4.21. The topological polar surface area (TPSA) is 15.3 Å². The van der Waals surface area contributed by atoms with Gasteiger partial charge in [-0.15, -0.1) is 0 Å². The maximum Gasteiger partial charge on any atom is 0.0218 e. The van der Waals surface area contributed by atoms with Crippen LogP contribution in [-0.2, 0) is 0 Å². The van der Waals surface area contributed by atoms with Crippen molar-refractivity contribution in [1.82, 2.24) is 10.2 Å². The highest BCUT2D eigenvalue weighted by Crippen LogP contribution is 2.67. The number of hydrogen-bond donors (Lipinski definition) is 1. The van der Waals surface area contributed by atoms with E-state index in [1.165, 1.54) is 26.1 Å². The van der Waals surface area contributed by atoms with Gasteiger partial charge in [0.1, 0.15) is 0 Å². The zero-order chi connectivity index (χ0) is 12.3. The van der Waals surface area contributed by atoms with Gasteiger partial charge in [0.25, 0.3) is 0 Å². The van der Waals surface area contributed by atoms with Gasteiger partial charge >= 0.3 is 0 Å². The van der Waals surface area contributed by atoms with Gasteiger partial charge in [0, 0.05) is 18.6 Å². The molecule has 0 amide bonds. The first-order chi connectivity index (χ1) is 8.75. The minimum atomic E-state index is 0.728. The summed E-state index contributed by atoms with van der Waals surface area (Å²) in [6.45, 7) is 8.65. The predicted molar refractivity (Wildman–Crippen MR) is 74.4 cm³/mol. The van der Waals surface area contributed by atoms with E-state index in [4.69, 9.17) is 0 Å². The molecule has 1 aliphatic heterocycles. The minimum Gasteiger partial charge on any atom is -0.312 e. The highest BCUT2D eigenvalue weighted by molar-refractivity contribution is 5.17. The molecule has 2 heteroatoms. The minimum absolute atomic E-state index is 0.728. The number of rotatable bonds is 2. The van der Waals surface area contributed by atoms with E-state index in [9.17, 15) is 0 Å². The van der Waals surface area contributed by atoms with Gasteiger partial charge in [-0.2, -0.15) is 0 Å². The third-order valence-corrected chi connectivity index (χ3v) is 6.38. The van der Waals surface area contributed by atoms with Crippen molar-refractivity contribution in [3.8, 4) is 0 Å². The van der Waals surface area contributed by atoms with Crippen LogP contribution in [0.2, 0.25) is 0 Å². The van der Waals surface area contributed by atoms with Gasteiger partial charge in [-0.3, -0.25) is 4.90 Å². The molecule has 1 N–H and O–H groups in total. The zero-order valence-electron chi connectivity index (χ0n) is 11.9. The van der Waals surface area contributed by atoms with Gasteiger partial charge in [0.05, 0.1) is 0 Å². The summed E-state index contributed by atoms with van der Waals surface area (Å²) in [6, 6.07) is 1.73. The van der Waals surface area contributed by atoms with Crippen molar-refractivity contribution in [2.75, 3.05) is 19.6 Å². The molecule has 1 saturated heterocycles. The molecular formula is C16H28N2. The van der Waals surface area contributed by atoms with Crippen LogP contribution in [0.1, 0.15) is 39.5 Å².